The highest BCUT2D eigenvalue weighted by atomic mass is 35.5. The second kappa shape index (κ2) is 10.6. The van der Waals surface area contributed by atoms with Gasteiger partial charge in [-0.25, -0.2) is 0 Å². The topological polar surface area (TPSA) is 46.6 Å². The predicted octanol–water partition coefficient (Wildman–Crippen LogP) is 4.25. The largest absolute Gasteiger partial charge is 0.466 e. The minimum atomic E-state index is -0.299. The molecule has 0 aliphatic rings. The summed E-state index contributed by atoms with van der Waals surface area (Å²) >= 11 is 6.23. The van der Waals surface area contributed by atoms with Gasteiger partial charge in [-0.15, -0.1) is 0 Å². The molecule has 0 radical (unpaired) electrons. The molecule has 4 nitrogen and oxygen atoms in total. The van der Waals surface area contributed by atoms with Crippen molar-refractivity contribution < 1.29 is 14.3 Å². The zero-order valence-corrected chi connectivity index (χ0v) is 15.7. The van der Waals surface area contributed by atoms with Gasteiger partial charge in [0.15, 0.2) is 0 Å². The standard InChI is InChI=1S/C21H24ClNO3/c1-2-26-21(25)14-15-23(16-18-10-6-7-11-19(18)22)20(24)13-12-17-8-4-3-5-9-17/h3-11H,2,12-16H2,1H3. The Kier molecular flexibility index (Phi) is 8.16. The molecular formula is C21H24ClNO3. The molecule has 0 fully saturated rings. The summed E-state index contributed by atoms with van der Waals surface area (Å²) in [6.07, 6.45) is 1.23. The van der Waals surface area contributed by atoms with Gasteiger partial charge in [0.05, 0.1) is 13.0 Å². The van der Waals surface area contributed by atoms with Crippen molar-refractivity contribution in [1.29, 1.82) is 0 Å². The van der Waals surface area contributed by atoms with Crippen LogP contribution in [0.15, 0.2) is 54.6 Å². The first-order valence-electron chi connectivity index (χ1n) is 8.81. The molecule has 0 saturated carbocycles. The third-order valence-electron chi connectivity index (χ3n) is 4.03. The molecule has 0 atom stereocenters. The Hall–Kier alpha value is -2.33. The second-order valence-corrected chi connectivity index (χ2v) is 6.35. The summed E-state index contributed by atoms with van der Waals surface area (Å²) in [5.74, 6) is -0.300. The van der Waals surface area contributed by atoms with Gasteiger partial charge in [-0.3, -0.25) is 9.59 Å². The number of ether oxygens (including phenoxy) is 1. The van der Waals surface area contributed by atoms with Gasteiger partial charge >= 0.3 is 5.97 Å². The maximum Gasteiger partial charge on any atom is 0.307 e. The van der Waals surface area contributed by atoms with Crippen molar-refractivity contribution in [3.8, 4) is 0 Å². The lowest BCUT2D eigenvalue weighted by Gasteiger charge is -2.23. The van der Waals surface area contributed by atoms with Crippen molar-refractivity contribution in [2.24, 2.45) is 0 Å². The van der Waals surface area contributed by atoms with Crippen molar-refractivity contribution in [3.05, 3.63) is 70.7 Å². The van der Waals surface area contributed by atoms with Gasteiger partial charge in [0.1, 0.15) is 0 Å². The Bertz CT molecular complexity index is 718. The van der Waals surface area contributed by atoms with E-state index in [9.17, 15) is 9.59 Å². The Morgan fingerprint density at radius 3 is 2.38 bits per heavy atom. The summed E-state index contributed by atoms with van der Waals surface area (Å²) in [4.78, 5) is 26.1. The van der Waals surface area contributed by atoms with Crippen LogP contribution in [0.5, 0.6) is 0 Å². The van der Waals surface area contributed by atoms with E-state index in [1.54, 1.807) is 17.9 Å². The number of carbonyl (C=O) groups is 2. The molecule has 0 unspecified atom stereocenters. The Morgan fingerprint density at radius 1 is 1.00 bits per heavy atom. The lowest BCUT2D eigenvalue weighted by molar-refractivity contribution is -0.144. The molecule has 0 aliphatic heterocycles. The molecule has 0 aromatic heterocycles. The highest BCUT2D eigenvalue weighted by Gasteiger charge is 2.17. The third-order valence-corrected chi connectivity index (χ3v) is 4.40. The van der Waals surface area contributed by atoms with Crippen molar-refractivity contribution in [2.75, 3.05) is 13.2 Å². The lowest BCUT2D eigenvalue weighted by Crippen LogP contribution is -2.33. The van der Waals surface area contributed by atoms with Crippen LogP contribution in [0.1, 0.15) is 30.9 Å². The average molecular weight is 374 g/mol. The zero-order valence-electron chi connectivity index (χ0n) is 15.0. The number of hydrogen-bond acceptors (Lipinski definition) is 3. The van der Waals surface area contributed by atoms with E-state index >= 15 is 0 Å². The fraction of sp³-hybridized carbons (Fsp3) is 0.333. The summed E-state index contributed by atoms with van der Waals surface area (Å²) in [7, 11) is 0. The van der Waals surface area contributed by atoms with E-state index < -0.39 is 0 Å². The van der Waals surface area contributed by atoms with Crippen LogP contribution in [0.2, 0.25) is 5.02 Å². The Labute approximate surface area is 159 Å². The Morgan fingerprint density at radius 2 is 1.69 bits per heavy atom. The predicted molar refractivity (Wildman–Crippen MR) is 103 cm³/mol. The summed E-state index contributed by atoms with van der Waals surface area (Å²) < 4.78 is 4.97. The van der Waals surface area contributed by atoms with Crippen LogP contribution in [0, 0.1) is 0 Å². The van der Waals surface area contributed by atoms with Gasteiger partial charge in [0.25, 0.3) is 0 Å². The summed E-state index contributed by atoms with van der Waals surface area (Å²) in [5.41, 5.74) is 1.98. The SMILES string of the molecule is CCOC(=O)CCN(Cc1ccccc1Cl)C(=O)CCc1ccccc1. The van der Waals surface area contributed by atoms with Gasteiger partial charge in [-0.2, -0.15) is 0 Å². The molecule has 26 heavy (non-hydrogen) atoms. The van der Waals surface area contributed by atoms with Gasteiger partial charge in [0, 0.05) is 24.5 Å². The van der Waals surface area contributed by atoms with Gasteiger partial charge < -0.3 is 9.64 Å². The lowest BCUT2D eigenvalue weighted by atomic mass is 10.1. The van der Waals surface area contributed by atoms with E-state index in [0.717, 1.165) is 11.1 Å². The Balaban J connectivity index is 2.02. The third kappa shape index (κ3) is 6.52. The molecule has 2 rings (SSSR count). The monoisotopic (exact) mass is 373 g/mol. The van der Waals surface area contributed by atoms with Crippen LogP contribution < -0.4 is 0 Å². The number of esters is 1. The molecule has 2 aromatic rings. The van der Waals surface area contributed by atoms with Crippen LogP contribution in [-0.4, -0.2) is 29.9 Å². The molecule has 0 spiro atoms. The van der Waals surface area contributed by atoms with Crippen LogP contribution in [0.4, 0.5) is 0 Å². The van der Waals surface area contributed by atoms with Crippen LogP contribution in [0.3, 0.4) is 0 Å². The van der Waals surface area contributed by atoms with E-state index in [1.807, 2.05) is 48.5 Å². The quantitative estimate of drug-likeness (QED) is 0.617. The van der Waals surface area contributed by atoms with Crippen LogP contribution in [0.25, 0.3) is 0 Å². The first kappa shape index (κ1) is 20.0. The summed E-state index contributed by atoms with van der Waals surface area (Å²) in [6, 6.07) is 17.3. The van der Waals surface area contributed by atoms with E-state index in [1.165, 1.54) is 0 Å². The summed E-state index contributed by atoms with van der Waals surface area (Å²) in [5, 5.41) is 0.615. The number of amides is 1. The molecule has 0 aliphatic carbocycles. The fourth-order valence-electron chi connectivity index (χ4n) is 2.64. The van der Waals surface area contributed by atoms with E-state index in [0.29, 0.717) is 37.6 Å². The highest BCUT2D eigenvalue weighted by molar-refractivity contribution is 6.31. The smallest absolute Gasteiger partial charge is 0.307 e. The fourth-order valence-corrected chi connectivity index (χ4v) is 2.83. The van der Waals surface area contributed by atoms with E-state index in [-0.39, 0.29) is 18.3 Å². The number of benzene rings is 2. The molecule has 0 heterocycles. The molecular weight excluding hydrogens is 350 g/mol. The number of aryl methyl sites for hydroxylation is 1. The van der Waals surface area contributed by atoms with Crippen molar-refractivity contribution in [3.63, 3.8) is 0 Å². The maximum absolute atomic E-state index is 12.7. The number of nitrogens with zero attached hydrogens (tertiary/aromatic N) is 1. The number of hydrogen-bond donors (Lipinski definition) is 0. The molecule has 0 N–H and O–H groups in total. The van der Waals surface area contributed by atoms with Crippen LogP contribution >= 0.6 is 11.6 Å². The number of rotatable bonds is 9. The maximum atomic E-state index is 12.7. The summed E-state index contributed by atoms with van der Waals surface area (Å²) in [6.45, 7) is 2.81. The average Bonchev–Trinajstić information content (AvgIpc) is 2.65. The first-order valence-corrected chi connectivity index (χ1v) is 9.18. The van der Waals surface area contributed by atoms with Gasteiger partial charge in [-0.1, -0.05) is 60.1 Å². The minimum absolute atomic E-state index is 0.00179. The van der Waals surface area contributed by atoms with Crippen molar-refractivity contribution in [1.82, 2.24) is 4.90 Å². The molecule has 5 heteroatoms. The van der Waals surface area contributed by atoms with Crippen molar-refractivity contribution >= 4 is 23.5 Å². The van der Waals surface area contributed by atoms with Gasteiger partial charge in [0.2, 0.25) is 5.91 Å². The molecule has 138 valence electrons. The van der Waals surface area contributed by atoms with Gasteiger partial charge in [-0.05, 0) is 30.5 Å². The number of halogens is 1. The van der Waals surface area contributed by atoms with E-state index in [2.05, 4.69) is 0 Å². The highest BCUT2D eigenvalue weighted by Crippen LogP contribution is 2.18. The molecule has 0 bridgehead atoms. The minimum Gasteiger partial charge on any atom is -0.466 e. The second-order valence-electron chi connectivity index (χ2n) is 5.95. The molecule has 1 amide bonds. The van der Waals surface area contributed by atoms with Crippen LogP contribution in [-0.2, 0) is 27.3 Å². The molecule has 0 saturated heterocycles. The van der Waals surface area contributed by atoms with Crippen molar-refractivity contribution in [2.45, 2.75) is 32.7 Å². The zero-order chi connectivity index (χ0) is 18.8. The number of carbonyl (C=O) groups excluding carboxylic acids is 2. The molecule has 2 aromatic carbocycles. The normalized spacial score (nSPS) is 10.4. The first-order chi connectivity index (χ1) is 12.6. The van der Waals surface area contributed by atoms with E-state index in [4.69, 9.17) is 16.3 Å².